The minimum atomic E-state index is -0.438. The van der Waals surface area contributed by atoms with Gasteiger partial charge < -0.3 is 0 Å². The standard InChI is InChI=1S/C20H16FN5O/c1-20(2)10-17-16(18(27)11-20)6-5-15(22-17)4-3-12-7-13(9-14(21)8-12)19-23-25-26-24-19/h5-9H,10-11H2,1-2H3,(H,23,24,25,26). The Bertz CT molecular complexity index is 1090. The maximum atomic E-state index is 13.9. The maximum Gasteiger partial charge on any atom is 0.204 e. The quantitative estimate of drug-likeness (QED) is 0.674. The first kappa shape index (κ1) is 17.0. The lowest BCUT2D eigenvalue weighted by Crippen LogP contribution is -2.28. The summed E-state index contributed by atoms with van der Waals surface area (Å²) < 4.78 is 13.9. The molecule has 134 valence electrons. The molecule has 0 spiro atoms. The summed E-state index contributed by atoms with van der Waals surface area (Å²) in [6.45, 7) is 4.11. The zero-order valence-corrected chi connectivity index (χ0v) is 14.9. The van der Waals surface area contributed by atoms with Crippen LogP contribution < -0.4 is 0 Å². The highest BCUT2D eigenvalue weighted by atomic mass is 19.1. The fourth-order valence-electron chi connectivity index (χ4n) is 3.22. The largest absolute Gasteiger partial charge is 0.294 e. The van der Waals surface area contributed by atoms with Crippen LogP contribution in [0.15, 0.2) is 30.3 Å². The summed E-state index contributed by atoms with van der Waals surface area (Å²) in [4.78, 5) is 16.8. The summed E-state index contributed by atoms with van der Waals surface area (Å²) in [7, 11) is 0. The Kier molecular flexibility index (Phi) is 4.04. The molecule has 7 heteroatoms. The van der Waals surface area contributed by atoms with E-state index < -0.39 is 5.82 Å². The molecule has 0 saturated heterocycles. The van der Waals surface area contributed by atoms with E-state index in [0.717, 1.165) is 12.1 Å². The van der Waals surface area contributed by atoms with Gasteiger partial charge in [-0.25, -0.2) is 9.37 Å². The molecule has 0 saturated carbocycles. The lowest BCUT2D eigenvalue weighted by atomic mass is 9.75. The number of benzene rings is 1. The molecule has 3 aromatic rings. The number of fused-ring (bicyclic) bond motifs is 1. The van der Waals surface area contributed by atoms with Crippen LogP contribution in [-0.4, -0.2) is 31.4 Å². The number of aromatic nitrogens is 5. The van der Waals surface area contributed by atoms with Gasteiger partial charge in [-0.3, -0.25) is 4.79 Å². The molecule has 2 aromatic heterocycles. The van der Waals surface area contributed by atoms with Crippen molar-refractivity contribution < 1.29 is 9.18 Å². The van der Waals surface area contributed by atoms with Crippen molar-refractivity contribution in [1.29, 1.82) is 0 Å². The third-order valence-corrected chi connectivity index (χ3v) is 4.40. The normalized spacial score (nSPS) is 15.0. The van der Waals surface area contributed by atoms with Crippen LogP contribution >= 0.6 is 0 Å². The van der Waals surface area contributed by atoms with E-state index in [4.69, 9.17) is 0 Å². The van der Waals surface area contributed by atoms with Crippen LogP contribution in [0.1, 0.15) is 47.6 Å². The molecule has 0 fully saturated rings. The summed E-state index contributed by atoms with van der Waals surface area (Å²) in [5.74, 6) is 5.84. The van der Waals surface area contributed by atoms with Crippen molar-refractivity contribution in [3.8, 4) is 23.2 Å². The van der Waals surface area contributed by atoms with Crippen molar-refractivity contribution in [3.05, 3.63) is 58.7 Å². The van der Waals surface area contributed by atoms with Gasteiger partial charge in [0.05, 0.1) is 5.69 Å². The van der Waals surface area contributed by atoms with Crippen LogP contribution in [0, 0.1) is 23.1 Å². The lowest BCUT2D eigenvalue weighted by molar-refractivity contribution is 0.0910. The summed E-state index contributed by atoms with van der Waals surface area (Å²) >= 11 is 0. The number of nitrogens with zero attached hydrogens (tertiary/aromatic N) is 4. The first-order valence-corrected chi connectivity index (χ1v) is 8.49. The Morgan fingerprint density at radius 3 is 2.78 bits per heavy atom. The van der Waals surface area contributed by atoms with Gasteiger partial charge in [0.1, 0.15) is 11.5 Å². The molecule has 0 amide bonds. The number of Topliss-reactive ketones (excluding diaryl/α,β-unsaturated/α-hetero) is 1. The number of nitrogens with one attached hydrogen (secondary N) is 1. The molecule has 0 aliphatic heterocycles. The second-order valence-corrected chi connectivity index (χ2v) is 7.35. The Morgan fingerprint density at radius 2 is 2.00 bits per heavy atom. The molecule has 1 aliphatic carbocycles. The number of halogens is 1. The molecular formula is C20H16FN5O. The van der Waals surface area contributed by atoms with E-state index in [1.165, 1.54) is 12.1 Å². The SMILES string of the molecule is CC1(C)CC(=O)c2ccc(C#Cc3cc(F)cc(-c4nn[nH]n4)c3)nc2C1. The average molecular weight is 361 g/mol. The Labute approximate surface area is 155 Å². The zero-order chi connectivity index (χ0) is 19.0. The van der Waals surface area contributed by atoms with Crippen molar-refractivity contribution in [1.82, 2.24) is 25.6 Å². The van der Waals surface area contributed by atoms with Crippen molar-refractivity contribution in [2.24, 2.45) is 5.41 Å². The smallest absolute Gasteiger partial charge is 0.204 e. The first-order valence-electron chi connectivity index (χ1n) is 8.49. The van der Waals surface area contributed by atoms with Gasteiger partial charge >= 0.3 is 0 Å². The monoisotopic (exact) mass is 361 g/mol. The van der Waals surface area contributed by atoms with E-state index >= 15 is 0 Å². The third-order valence-electron chi connectivity index (χ3n) is 4.40. The molecule has 0 radical (unpaired) electrons. The van der Waals surface area contributed by atoms with Gasteiger partial charge in [-0.1, -0.05) is 19.8 Å². The second-order valence-electron chi connectivity index (χ2n) is 7.35. The molecule has 2 heterocycles. The van der Waals surface area contributed by atoms with Crippen molar-refractivity contribution in [2.75, 3.05) is 0 Å². The number of H-pyrrole nitrogens is 1. The van der Waals surface area contributed by atoms with Crippen molar-refractivity contribution >= 4 is 5.78 Å². The molecule has 1 N–H and O–H groups in total. The Balaban J connectivity index is 1.67. The highest BCUT2D eigenvalue weighted by molar-refractivity contribution is 5.98. The van der Waals surface area contributed by atoms with Gasteiger partial charge in [0.25, 0.3) is 0 Å². The topological polar surface area (TPSA) is 84.4 Å². The molecule has 4 rings (SSSR count). The van der Waals surface area contributed by atoms with Crippen LogP contribution in [0.5, 0.6) is 0 Å². The van der Waals surface area contributed by atoms with Crippen LogP contribution in [0.4, 0.5) is 4.39 Å². The number of ketones is 1. The van der Waals surface area contributed by atoms with Gasteiger partial charge in [-0.2, -0.15) is 5.21 Å². The van der Waals surface area contributed by atoms with Crippen LogP contribution in [-0.2, 0) is 6.42 Å². The number of carbonyl (C=O) groups is 1. The molecular weight excluding hydrogens is 345 g/mol. The number of aromatic amines is 1. The fourth-order valence-corrected chi connectivity index (χ4v) is 3.22. The number of pyridine rings is 1. The number of hydrogen-bond donors (Lipinski definition) is 1. The molecule has 27 heavy (non-hydrogen) atoms. The van der Waals surface area contributed by atoms with Crippen LogP contribution in [0.25, 0.3) is 11.4 Å². The number of rotatable bonds is 1. The number of hydrogen-bond acceptors (Lipinski definition) is 5. The van der Waals surface area contributed by atoms with E-state index in [-0.39, 0.29) is 11.2 Å². The predicted molar refractivity (Wildman–Crippen MR) is 96.2 cm³/mol. The molecule has 0 bridgehead atoms. The first-order chi connectivity index (χ1) is 12.9. The van der Waals surface area contributed by atoms with Crippen molar-refractivity contribution in [3.63, 3.8) is 0 Å². The van der Waals surface area contributed by atoms with Crippen LogP contribution in [0.3, 0.4) is 0 Å². The van der Waals surface area contributed by atoms with Gasteiger partial charge in [-0.15, -0.1) is 10.2 Å². The Morgan fingerprint density at radius 1 is 1.15 bits per heavy atom. The zero-order valence-electron chi connectivity index (χ0n) is 14.9. The lowest BCUT2D eigenvalue weighted by Gasteiger charge is -2.29. The number of carbonyl (C=O) groups excluding carboxylic acids is 1. The van der Waals surface area contributed by atoms with Gasteiger partial charge in [-0.05, 0) is 53.3 Å². The highest BCUT2D eigenvalue weighted by Gasteiger charge is 2.31. The summed E-state index contributed by atoms with van der Waals surface area (Å²) in [6, 6.07) is 7.84. The molecule has 1 aliphatic rings. The fraction of sp³-hybridized carbons (Fsp3) is 0.250. The van der Waals surface area contributed by atoms with E-state index in [9.17, 15) is 9.18 Å². The molecule has 1 aromatic carbocycles. The molecule has 0 unspecified atom stereocenters. The van der Waals surface area contributed by atoms with Crippen molar-refractivity contribution in [2.45, 2.75) is 26.7 Å². The van der Waals surface area contributed by atoms with Gasteiger partial charge in [0.2, 0.25) is 5.82 Å². The minimum absolute atomic E-state index is 0.106. The average Bonchev–Trinajstić information content (AvgIpc) is 3.13. The summed E-state index contributed by atoms with van der Waals surface area (Å²) in [6.07, 6.45) is 1.25. The van der Waals surface area contributed by atoms with Gasteiger partial charge in [0.15, 0.2) is 5.78 Å². The van der Waals surface area contributed by atoms with Gasteiger partial charge in [0, 0.05) is 23.1 Å². The van der Waals surface area contributed by atoms with E-state index in [1.54, 1.807) is 18.2 Å². The Hall–Kier alpha value is -3.40. The van der Waals surface area contributed by atoms with E-state index in [0.29, 0.717) is 34.6 Å². The minimum Gasteiger partial charge on any atom is -0.294 e. The molecule has 6 nitrogen and oxygen atoms in total. The van der Waals surface area contributed by atoms with E-state index in [1.807, 2.05) is 0 Å². The predicted octanol–water partition coefficient (Wildman–Crippen LogP) is 2.96. The third kappa shape index (κ3) is 3.60. The van der Waals surface area contributed by atoms with E-state index in [2.05, 4.69) is 51.3 Å². The second kappa shape index (κ2) is 6.40. The summed E-state index contributed by atoms with van der Waals surface area (Å²) in [5.41, 5.74) is 2.85. The number of tetrazole rings is 1. The molecule has 0 atom stereocenters. The summed E-state index contributed by atoms with van der Waals surface area (Å²) in [5, 5.41) is 13.5. The maximum absolute atomic E-state index is 13.9. The van der Waals surface area contributed by atoms with Crippen LogP contribution in [0.2, 0.25) is 0 Å². The highest BCUT2D eigenvalue weighted by Crippen LogP contribution is 2.33.